The Kier molecular flexibility index (Phi) is 6.92. The maximum absolute atomic E-state index is 5.46. The molecule has 1 rings (SSSR count). The van der Waals surface area contributed by atoms with Gasteiger partial charge in [-0.3, -0.25) is 4.90 Å². The van der Waals surface area contributed by atoms with E-state index in [1.54, 1.807) is 7.11 Å². The predicted molar refractivity (Wildman–Crippen MR) is 61.2 cm³/mol. The van der Waals surface area contributed by atoms with Gasteiger partial charge >= 0.3 is 0 Å². The zero-order valence-electron chi connectivity index (χ0n) is 10.1. The van der Waals surface area contributed by atoms with E-state index in [0.29, 0.717) is 13.2 Å². The van der Waals surface area contributed by atoms with Crippen molar-refractivity contribution in [1.82, 2.24) is 9.80 Å². The van der Waals surface area contributed by atoms with Gasteiger partial charge in [0, 0.05) is 26.7 Å². The number of likely N-dealkylation sites (N-methyl/N-ethyl adjacent to an activating group) is 1. The molecule has 1 fully saturated rings. The van der Waals surface area contributed by atoms with E-state index in [1.165, 1.54) is 32.6 Å². The zero-order valence-corrected chi connectivity index (χ0v) is 10.1. The molecule has 0 amide bonds. The van der Waals surface area contributed by atoms with E-state index >= 15 is 0 Å². The van der Waals surface area contributed by atoms with E-state index in [9.17, 15) is 0 Å². The van der Waals surface area contributed by atoms with Gasteiger partial charge in [0.15, 0.2) is 0 Å². The lowest BCUT2D eigenvalue weighted by Crippen LogP contribution is -2.31. The lowest BCUT2D eigenvalue weighted by molar-refractivity contribution is 0.0578. The molecule has 0 aromatic heterocycles. The number of hydrogen-bond donors (Lipinski definition) is 0. The number of nitrogens with zero attached hydrogens (tertiary/aromatic N) is 2. The second-order valence-corrected chi connectivity index (χ2v) is 4.10. The summed E-state index contributed by atoms with van der Waals surface area (Å²) in [5.41, 5.74) is 0. The van der Waals surface area contributed by atoms with Crippen LogP contribution in [0.5, 0.6) is 0 Å². The van der Waals surface area contributed by atoms with Crippen LogP contribution in [0.25, 0.3) is 0 Å². The SMILES string of the molecule is COCCOCCN1CCCN(C)CC1. The van der Waals surface area contributed by atoms with Crippen molar-refractivity contribution in [3.63, 3.8) is 0 Å². The molecule has 4 heteroatoms. The summed E-state index contributed by atoms with van der Waals surface area (Å²) in [6.45, 7) is 8.07. The van der Waals surface area contributed by atoms with Crippen LogP contribution in [-0.2, 0) is 9.47 Å². The molecule has 0 aromatic rings. The van der Waals surface area contributed by atoms with E-state index in [-0.39, 0.29) is 0 Å². The molecule has 90 valence electrons. The Balaban J connectivity index is 2.00. The first kappa shape index (κ1) is 12.9. The summed E-state index contributed by atoms with van der Waals surface area (Å²) in [6.07, 6.45) is 1.27. The molecule has 0 N–H and O–H groups in total. The van der Waals surface area contributed by atoms with Crippen molar-refractivity contribution in [2.75, 3.05) is 66.7 Å². The highest BCUT2D eigenvalue weighted by molar-refractivity contribution is 4.66. The van der Waals surface area contributed by atoms with Crippen LogP contribution in [0.15, 0.2) is 0 Å². The van der Waals surface area contributed by atoms with Gasteiger partial charge in [-0.25, -0.2) is 0 Å². The molecule has 15 heavy (non-hydrogen) atoms. The third-order valence-electron chi connectivity index (χ3n) is 2.80. The molecule has 0 aromatic carbocycles. The lowest BCUT2D eigenvalue weighted by atomic mass is 10.4. The summed E-state index contributed by atoms with van der Waals surface area (Å²) in [7, 11) is 3.90. The van der Waals surface area contributed by atoms with Crippen molar-refractivity contribution in [3.8, 4) is 0 Å². The summed E-state index contributed by atoms with van der Waals surface area (Å²) in [4.78, 5) is 4.88. The summed E-state index contributed by atoms with van der Waals surface area (Å²) in [5, 5.41) is 0. The van der Waals surface area contributed by atoms with Crippen molar-refractivity contribution in [2.45, 2.75) is 6.42 Å². The summed E-state index contributed by atoms with van der Waals surface area (Å²) < 4.78 is 10.4. The fourth-order valence-corrected chi connectivity index (χ4v) is 1.76. The smallest absolute Gasteiger partial charge is 0.0700 e. The molecular formula is C11H24N2O2. The van der Waals surface area contributed by atoms with Crippen LogP contribution >= 0.6 is 0 Å². The second-order valence-electron chi connectivity index (χ2n) is 4.10. The molecule has 0 saturated carbocycles. The van der Waals surface area contributed by atoms with Gasteiger partial charge in [-0.05, 0) is 26.6 Å². The van der Waals surface area contributed by atoms with Gasteiger partial charge in [0.25, 0.3) is 0 Å². The van der Waals surface area contributed by atoms with Crippen molar-refractivity contribution in [3.05, 3.63) is 0 Å². The molecule has 4 nitrogen and oxygen atoms in total. The van der Waals surface area contributed by atoms with Crippen molar-refractivity contribution in [2.24, 2.45) is 0 Å². The lowest BCUT2D eigenvalue weighted by Gasteiger charge is -2.19. The van der Waals surface area contributed by atoms with Crippen LogP contribution in [0.2, 0.25) is 0 Å². The average molecular weight is 216 g/mol. The van der Waals surface area contributed by atoms with Gasteiger partial charge in [0.1, 0.15) is 0 Å². The Morgan fingerprint density at radius 2 is 1.87 bits per heavy atom. The van der Waals surface area contributed by atoms with Crippen LogP contribution < -0.4 is 0 Å². The molecule has 0 aliphatic carbocycles. The van der Waals surface area contributed by atoms with Gasteiger partial charge in [-0.1, -0.05) is 0 Å². The van der Waals surface area contributed by atoms with Gasteiger partial charge in [-0.2, -0.15) is 0 Å². The Labute approximate surface area is 93.1 Å². The van der Waals surface area contributed by atoms with Crippen LogP contribution in [0.1, 0.15) is 6.42 Å². The maximum Gasteiger partial charge on any atom is 0.0700 e. The number of rotatable bonds is 6. The van der Waals surface area contributed by atoms with Crippen molar-refractivity contribution >= 4 is 0 Å². The Morgan fingerprint density at radius 1 is 1.00 bits per heavy atom. The molecule has 0 radical (unpaired) electrons. The van der Waals surface area contributed by atoms with E-state index in [4.69, 9.17) is 9.47 Å². The topological polar surface area (TPSA) is 24.9 Å². The predicted octanol–water partition coefficient (Wildman–Crippen LogP) is 0.287. The van der Waals surface area contributed by atoms with E-state index < -0.39 is 0 Å². The molecule has 0 atom stereocenters. The van der Waals surface area contributed by atoms with Crippen LogP contribution in [0, 0.1) is 0 Å². The standard InChI is InChI=1S/C11H24N2O2/c1-12-4-3-5-13(7-6-12)8-9-15-11-10-14-2/h3-11H2,1-2H3. The van der Waals surface area contributed by atoms with Crippen LogP contribution in [0.3, 0.4) is 0 Å². The fourth-order valence-electron chi connectivity index (χ4n) is 1.76. The first-order chi connectivity index (χ1) is 7.33. The number of methoxy groups -OCH3 is 1. The quantitative estimate of drug-likeness (QED) is 0.596. The maximum atomic E-state index is 5.46. The Bertz CT molecular complexity index is 156. The summed E-state index contributed by atoms with van der Waals surface area (Å²) in [5.74, 6) is 0. The monoisotopic (exact) mass is 216 g/mol. The minimum absolute atomic E-state index is 0.697. The van der Waals surface area contributed by atoms with E-state index in [1.807, 2.05) is 0 Å². The molecule has 1 aliphatic rings. The highest BCUT2D eigenvalue weighted by Crippen LogP contribution is 2.00. The number of ether oxygens (including phenoxy) is 2. The van der Waals surface area contributed by atoms with Crippen molar-refractivity contribution < 1.29 is 9.47 Å². The molecule has 0 unspecified atom stereocenters. The molecule has 1 saturated heterocycles. The summed E-state index contributed by atoms with van der Waals surface area (Å²) >= 11 is 0. The summed E-state index contributed by atoms with van der Waals surface area (Å²) in [6, 6.07) is 0. The third-order valence-corrected chi connectivity index (χ3v) is 2.80. The Hall–Kier alpha value is -0.160. The number of hydrogen-bond acceptors (Lipinski definition) is 4. The molecular weight excluding hydrogens is 192 g/mol. The molecule has 0 spiro atoms. The van der Waals surface area contributed by atoms with Gasteiger partial charge in [0.2, 0.25) is 0 Å². The molecule has 0 bridgehead atoms. The second kappa shape index (κ2) is 8.05. The highest BCUT2D eigenvalue weighted by Gasteiger charge is 2.10. The highest BCUT2D eigenvalue weighted by atomic mass is 16.5. The van der Waals surface area contributed by atoms with Gasteiger partial charge in [0.05, 0.1) is 19.8 Å². The minimum atomic E-state index is 0.697. The van der Waals surface area contributed by atoms with E-state index in [2.05, 4.69) is 16.8 Å². The van der Waals surface area contributed by atoms with Crippen molar-refractivity contribution in [1.29, 1.82) is 0 Å². The zero-order chi connectivity index (χ0) is 10.9. The largest absolute Gasteiger partial charge is 0.382 e. The van der Waals surface area contributed by atoms with Gasteiger partial charge < -0.3 is 14.4 Å². The van der Waals surface area contributed by atoms with E-state index in [0.717, 1.165) is 13.2 Å². The average Bonchev–Trinajstić information content (AvgIpc) is 2.43. The molecule has 1 aliphatic heterocycles. The third kappa shape index (κ3) is 6.10. The van der Waals surface area contributed by atoms with Crippen LogP contribution in [0.4, 0.5) is 0 Å². The minimum Gasteiger partial charge on any atom is -0.382 e. The molecule has 1 heterocycles. The normalized spacial score (nSPS) is 20.4. The first-order valence-corrected chi connectivity index (χ1v) is 5.80. The van der Waals surface area contributed by atoms with Crippen LogP contribution in [-0.4, -0.2) is 76.5 Å². The first-order valence-electron chi connectivity index (χ1n) is 5.80. The Morgan fingerprint density at radius 3 is 2.67 bits per heavy atom. The fraction of sp³-hybridized carbons (Fsp3) is 1.00. The van der Waals surface area contributed by atoms with Gasteiger partial charge in [-0.15, -0.1) is 0 Å².